The van der Waals surface area contributed by atoms with Gasteiger partial charge in [0.15, 0.2) is 4.80 Å². The lowest BCUT2D eigenvalue weighted by atomic mass is 9.95. The number of aromatic nitrogens is 3. The number of nitrogens with zero attached hydrogens (tertiary/aromatic N) is 4. The molecule has 2 aromatic heterocycles. The zero-order valence-electron chi connectivity index (χ0n) is 20.2. The van der Waals surface area contributed by atoms with E-state index in [0.717, 1.165) is 22.4 Å². The van der Waals surface area contributed by atoms with Gasteiger partial charge in [0.1, 0.15) is 0 Å². The number of hydrogen-bond acceptors (Lipinski definition) is 5. The van der Waals surface area contributed by atoms with Crippen LogP contribution in [0.3, 0.4) is 0 Å². The third-order valence-corrected chi connectivity index (χ3v) is 7.64. The molecule has 0 bridgehead atoms. The van der Waals surface area contributed by atoms with Crippen LogP contribution < -0.4 is 20.2 Å². The molecule has 36 heavy (non-hydrogen) atoms. The van der Waals surface area contributed by atoms with E-state index in [1.165, 1.54) is 11.3 Å². The van der Waals surface area contributed by atoms with Crippen molar-refractivity contribution in [3.05, 3.63) is 113 Å². The molecule has 0 saturated heterocycles. The summed E-state index contributed by atoms with van der Waals surface area (Å²) in [6.45, 7) is 5.69. The number of carbonyl (C=O) groups is 1. The molecular formula is C27H24ClN5O2S. The molecule has 9 heteroatoms. The normalized spacial score (nSPS) is 15.6. The molecule has 0 saturated carbocycles. The van der Waals surface area contributed by atoms with E-state index in [2.05, 4.69) is 15.4 Å². The Bertz CT molecular complexity index is 1710. The zero-order valence-corrected chi connectivity index (χ0v) is 21.8. The number of aryl methyl sites for hydroxylation is 2. The van der Waals surface area contributed by atoms with Gasteiger partial charge in [-0.1, -0.05) is 53.3 Å². The van der Waals surface area contributed by atoms with Gasteiger partial charge in [-0.2, -0.15) is 5.10 Å². The number of nitrogens with one attached hydrogen (secondary N) is 1. The molecule has 1 N–H and O–H groups in total. The summed E-state index contributed by atoms with van der Waals surface area (Å²) in [5.41, 5.74) is 5.00. The Hall–Kier alpha value is -3.75. The van der Waals surface area contributed by atoms with Gasteiger partial charge in [-0.05, 0) is 56.2 Å². The maximum atomic E-state index is 13.7. The third kappa shape index (κ3) is 4.23. The van der Waals surface area contributed by atoms with Crippen LogP contribution in [0, 0.1) is 13.8 Å². The van der Waals surface area contributed by atoms with Crippen LogP contribution in [0.4, 0.5) is 5.69 Å². The van der Waals surface area contributed by atoms with Gasteiger partial charge in [0.05, 0.1) is 28.0 Å². The Labute approximate surface area is 216 Å². The van der Waals surface area contributed by atoms with Crippen molar-refractivity contribution in [2.75, 3.05) is 5.32 Å². The van der Waals surface area contributed by atoms with Crippen molar-refractivity contribution < 1.29 is 4.79 Å². The number of fused-ring (bicyclic) bond motifs is 1. The molecule has 7 nitrogen and oxygen atoms in total. The molecule has 2 aromatic carbocycles. The molecule has 0 radical (unpaired) electrons. The quantitative estimate of drug-likeness (QED) is 0.446. The number of amides is 1. The highest BCUT2D eigenvalue weighted by atomic mass is 35.5. The largest absolute Gasteiger partial charge is 0.322 e. The standard InChI is InChI=1S/C27H24ClN5O2S/c1-15-7-5-6-8-21(15)31-25(34)23-16(2)30-27-33(24(23)18-9-11-20(28)12-10-18)26(35)22(36-27)13-19-14-29-32(4)17(19)3/h5-14,24H,1-4H3,(H,31,34)/b22-13-. The molecule has 1 aliphatic rings. The van der Waals surface area contributed by atoms with E-state index in [1.54, 1.807) is 34.5 Å². The first-order chi connectivity index (χ1) is 17.2. The van der Waals surface area contributed by atoms with Crippen LogP contribution in [0.25, 0.3) is 6.08 Å². The summed E-state index contributed by atoms with van der Waals surface area (Å²) >= 11 is 7.46. The molecule has 1 atom stereocenters. The molecule has 1 amide bonds. The van der Waals surface area contributed by atoms with Crippen molar-refractivity contribution in [1.82, 2.24) is 14.3 Å². The summed E-state index contributed by atoms with van der Waals surface area (Å²) < 4.78 is 3.89. The molecule has 4 aromatic rings. The summed E-state index contributed by atoms with van der Waals surface area (Å²) in [7, 11) is 1.86. The van der Waals surface area contributed by atoms with Crippen LogP contribution in [0.5, 0.6) is 0 Å². The molecular weight excluding hydrogens is 494 g/mol. The lowest BCUT2D eigenvalue weighted by Gasteiger charge is -2.25. The van der Waals surface area contributed by atoms with Crippen molar-refractivity contribution in [2.24, 2.45) is 12.0 Å². The summed E-state index contributed by atoms with van der Waals surface area (Å²) in [6, 6.07) is 14.1. The van der Waals surface area contributed by atoms with Gasteiger partial charge < -0.3 is 5.32 Å². The molecule has 0 fully saturated rings. The second-order valence-corrected chi connectivity index (χ2v) is 10.2. The van der Waals surface area contributed by atoms with E-state index in [4.69, 9.17) is 11.6 Å². The van der Waals surface area contributed by atoms with Crippen molar-refractivity contribution in [2.45, 2.75) is 26.8 Å². The highest BCUT2D eigenvalue weighted by Gasteiger charge is 2.32. The number of benzene rings is 2. The SMILES string of the molecule is CC1=C(C(=O)Nc2ccccc2C)C(c2ccc(Cl)cc2)n2c(s/c(=C\c3cnn(C)c3C)c2=O)=N1. The maximum Gasteiger partial charge on any atom is 0.271 e. The van der Waals surface area contributed by atoms with E-state index in [0.29, 0.717) is 31.3 Å². The van der Waals surface area contributed by atoms with Crippen molar-refractivity contribution in [3.8, 4) is 0 Å². The second kappa shape index (κ2) is 9.37. The first kappa shape index (κ1) is 24.0. The van der Waals surface area contributed by atoms with Crippen LogP contribution in [0.15, 0.2) is 75.8 Å². The molecule has 0 aliphatic carbocycles. The molecule has 182 valence electrons. The third-order valence-electron chi connectivity index (χ3n) is 6.41. The first-order valence-corrected chi connectivity index (χ1v) is 12.6. The molecule has 0 spiro atoms. The van der Waals surface area contributed by atoms with Crippen LogP contribution in [0.1, 0.15) is 35.3 Å². The summed E-state index contributed by atoms with van der Waals surface area (Å²) in [5.74, 6) is -0.303. The van der Waals surface area contributed by atoms with Gasteiger partial charge in [0, 0.05) is 29.0 Å². The lowest BCUT2D eigenvalue weighted by Crippen LogP contribution is -2.40. The van der Waals surface area contributed by atoms with Gasteiger partial charge in [0.2, 0.25) is 0 Å². The van der Waals surface area contributed by atoms with E-state index < -0.39 is 6.04 Å². The second-order valence-electron chi connectivity index (χ2n) is 8.71. The molecule has 1 aliphatic heterocycles. The van der Waals surface area contributed by atoms with Gasteiger partial charge >= 0.3 is 0 Å². The number of para-hydroxylation sites is 1. The Morgan fingerprint density at radius 1 is 1.11 bits per heavy atom. The van der Waals surface area contributed by atoms with E-state index in [-0.39, 0.29) is 11.5 Å². The van der Waals surface area contributed by atoms with E-state index in [9.17, 15) is 9.59 Å². The van der Waals surface area contributed by atoms with Crippen LogP contribution >= 0.6 is 22.9 Å². The number of carbonyl (C=O) groups excluding carboxylic acids is 1. The Balaban J connectivity index is 1.69. The number of anilines is 1. The summed E-state index contributed by atoms with van der Waals surface area (Å²) in [5, 5.41) is 7.86. The Kier molecular flexibility index (Phi) is 6.24. The number of thiazole rings is 1. The highest BCUT2D eigenvalue weighted by molar-refractivity contribution is 7.07. The number of allylic oxidation sites excluding steroid dienone is 1. The van der Waals surface area contributed by atoms with Crippen LogP contribution in [0.2, 0.25) is 5.02 Å². The predicted molar refractivity (Wildman–Crippen MR) is 143 cm³/mol. The summed E-state index contributed by atoms with van der Waals surface area (Å²) in [4.78, 5) is 32.6. The predicted octanol–water partition coefficient (Wildman–Crippen LogP) is 3.88. The minimum absolute atomic E-state index is 0.212. The van der Waals surface area contributed by atoms with E-state index >= 15 is 0 Å². The minimum atomic E-state index is -0.653. The van der Waals surface area contributed by atoms with Gasteiger partial charge in [-0.3, -0.25) is 18.8 Å². The fourth-order valence-electron chi connectivity index (χ4n) is 4.27. The number of hydrogen-bond donors (Lipinski definition) is 1. The Morgan fingerprint density at radius 3 is 2.50 bits per heavy atom. The lowest BCUT2D eigenvalue weighted by molar-refractivity contribution is -0.113. The maximum absolute atomic E-state index is 13.7. The van der Waals surface area contributed by atoms with Gasteiger partial charge in [-0.15, -0.1) is 0 Å². The van der Waals surface area contributed by atoms with Gasteiger partial charge in [-0.25, -0.2) is 4.99 Å². The number of rotatable bonds is 4. The molecule has 1 unspecified atom stereocenters. The minimum Gasteiger partial charge on any atom is -0.322 e. The fourth-order valence-corrected chi connectivity index (χ4v) is 5.44. The highest BCUT2D eigenvalue weighted by Crippen LogP contribution is 2.31. The fraction of sp³-hybridized carbons (Fsp3) is 0.185. The van der Waals surface area contributed by atoms with Crippen molar-refractivity contribution in [3.63, 3.8) is 0 Å². The van der Waals surface area contributed by atoms with E-state index in [1.807, 2.05) is 63.4 Å². The molecule has 3 heterocycles. The average molecular weight is 518 g/mol. The first-order valence-electron chi connectivity index (χ1n) is 11.4. The summed E-state index contributed by atoms with van der Waals surface area (Å²) in [6.07, 6.45) is 3.56. The average Bonchev–Trinajstić information content (AvgIpc) is 3.33. The van der Waals surface area contributed by atoms with Crippen LogP contribution in [-0.2, 0) is 11.8 Å². The van der Waals surface area contributed by atoms with Crippen molar-refractivity contribution in [1.29, 1.82) is 0 Å². The van der Waals surface area contributed by atoms with Crippen LogP contribution in [-0.4, -0.2) is 20.3 Å². The molecule has 5 rings (SSSR count). The monoisotopic (exact) mass is 517 g/mol. The zero-order chi connectivity index (χ0) is 25.6. The number of halogens is 1. The van der Waals surface area contributed by atoms with Crippen molar-refractivity contribution >= 4 is 40.6 Å². The Morgan fingerprint density at radius 2 is 1.83 bits per heavy atom. The topological polar surface area (TPSA) is 81.3 Å². The smallest absolute Gasteiger partial charge is 0.271 e. The van der Waals surface area contributed by atoms with Gasteiger partial charge in [0.25, 0.3) is 11.5 Å².